The molecule has 3 N–H and O–H groups in total. The minimum absolute atomic E-state index is 0.0827. The van der Waals surface area contributed by atoms with E-state index in [0.717, 1.165) is 0 Å². The van der Waals surface area contributed by atoms with E-state index >= 15 is 0 Å². The molecule has 14 heavy (non-hydrogen) atoms. The van der Waals surface area contributed by atoms with Crippen LogP contribution in [-0.4, -0.2) is 29.6 Å². The summed E-state index contributed by atoms with van der Waals surface area (Å²) in [5.74, 6) is 0.282. The van der Waals surface area contributed by atoms with Crippen LogP contribution in [0.1, 0.15) is 26.7 Å². The van der Waals surface area contributed by atoms with Gasteiger partial charge in [0.1, 0.15) is 11.4 Å². The second-order valence-corrected chi connectivity index (χ2v) is 4.20. The summed E-state index contributed by atoms with van der Waals surface area (Å²) in [5.41, 5.74) is -0.506. The molecule has 5 heteroatoms. The number of nitrogens with one attached hydrogen (secondary N) is 3. The minimum atomic E-state index is -0.506. The van der Waals surface area contributed by atoms with E-state index in [1.54, 1.807) is 0 Å². The molecule has 0 aromatic heterocycles. The van der Waals surface area contributed by atoms with Crippen molar-refractivity contribution < 1.29 is 9.53 Å². The van der Waals surface area contributed by atoms with Crippen molar-refractivity contribution in [1.29, 1.82) is 5.41 Å². The van der Waals surface area contributed by atoms with Gasteiger partial charge in [-0.1, -0.05) is 0 Å². The van der Waals surface area contributed by atoms with Crippen molar-refractivity contribution in [3.8, 4) is 0 Å². The zero-order valence-electron chi connectivity index (χ0n) is 8.39. The van der Waals surface area contributed by atoms with Crippen LogP contribution in [0.5, 0.6) is 0 Å². The zero-order chi connectivity index (χ0) is 10.3. The third kappa shape index (κ3) is 1.37. The van der Waals surface area contributed by atoms with Gasteiger partial charge in [-0.25, -0.2) is 4.79 Å². The summed E-state index contributed by atoms with van der Waals surface area (Å²) in [6.45, 7) is 3.93. The van der Waals surface area contributed by atoms with E-state index in [2.05, 4.69) is 10.6 Å². The van der Waals surface area contributed by atoms with E-state index < -0.39 is 5.54 Å². The van der Waals surface area contributed by atoms with Crippen LogP contribution in [0.2, 0.25) is 0 Å². The molecule has 2 unspecified atom stereocenters. The fraction of sp³-hybridized carbons (Fsp3) is 0.778. The average molecular weight is 197 g/mol. The highest BCUT2D eigenvalue weighted by Gasteiger charge is 2.47. The molecule has 78 valence electrons. The Kier molecular flexibility index (Phi) is 1.99. The van der Waals surface area contributed by atoms with Gasteiger partial charge in [0, 0.05) is 12.8 Å². The summed E-state index contributed by atoms with van der Waals surface area (Å²) in [7, 11) is 0. The van der Waals surface area contributed by atoms with Gasteiger partial charge < -0.3 is 10.1 Å². The van der Waals surface area contributed by atoms with Gasteiger partial charge >= 0.3 is 6.03 Å². The number of amidine groups is 1. The van der Waals surface area contributed by atoms with Crippen molar-refractivity contribution in [3.63, 3.8) is 0 Å². The molecule has 0 radical (unpaired) electrons. The van der Waals surface area contributed by atoms with Crippen LogP contribution in [0.15, 0.2) is 0 Å². The Morgan fingerprint density at radius 3 is 2.43 bits per heavy atom. The molecule has 2 amide bonds. The zero-order valence-corrected chi connectivity index (χ0v) is 8.39. The van der Waals surface area contributed by atoms with E-state index in [0.29, 0.717) is 12.8 Å². The molecule has 2 heterocycles. The maximum atomic E-state index is 11.1. The van der Waals surface area contributed by atoms with Crippen LogP contribution in [-0.2, 0) is 4.74 Å². The third-order valence-corrected chi connectivity index (χ3v) is 2.81. The average Bonchev–Trinajstić information content (AvgIpc) is 2.23. The lowest BCUT2D eigenvalue weighted by molar-refractivity contribution is -0.0501. The number of carbonyl (C=O) groups excluding carboxylic acids is 1. The fourth-order valence-electron chi connectivity index (χ4n) is 2.41. The van der Waals surface area contributed by atoms with Gasteiger partial charge in [0.15, 0.2) is 0 Å². The van der Waals surface area contributed by atoms with Gasteiger partial charge in [-0.05, 0) is 13.8 Å². The maximum Gasteiger partial charge on any atom is 0.321 e. The monoisotopic (exact) mass is 197 g/mol. The van der Waals surface area contributed by atoms with Crippen LogP contribution in [0, 0.1) is 5.41 Å². The molecule has 0 aliphatic carbocycles. The highest BCUT2D eigenvalue weighted by Crippen LogP contribution is 2.31. The predicted molar refractivity (Wildman–Crippen MR) is 51.4 cm³/mol. The van der Waals surface area contributed by atoms with Crippen molar-refractivity contribution in [2.45, 2.75) is 44.4 Å². The van der Waals surface area contributed by atoms with Crippen molar-refractivity contribution in [2.75, 3.05) is 0 Å². The highest BCUT2D eigenvalue weighted by molar-refractivity contribution is 6.08. The van der Waals surface area contributed by atoms with Crippen LogP contribution in [0.3, 0.4) is 0 Å². The van der Waals surface area contributed by atoms with Gasteiger partial charge in [-0.2, -0.15) is 0 Å². The molecule has 1 spiro atoms. The molecule has 2 aliphatic rings. The first-order valence-electron chi connectivity index (χ1n) is 4.85. The molecule has 0 saturated carbocycles. The summed E-state index contributed by atoms with van der Waals surface area (Å²) < 4.78 is 5.58. The van der Waals surface area contributed by atoms with Crippen molar-refractivity contribution >= 4 is 11.9 Å². The normalized spacial score (nSPS) is 42.4. The van der Waals surface area contributed by atoms with Gasteiger partial charge in [0.05, 0.1) is 12.2 Å². The van der Waals surface area contributed by atoms with Gasteiger partial charge in [-0.15, -0.1) is 0 Å². The second kappa shape index (κ2) is 2.95. The molecule has 0 aromatic carbocycles. The van der Waals surface area contributed by atoms with E-state index in [9.17, 15) is 4.79 Å². The lowest BCUT2D eigenvalue weighted by atomic mass is 9.84. The Morgan fingerprint density at radius 2 is 2.00 bits per heavy atom. The number of carbonyl (C=O) groups is 1. The molecule has 0 aromatic rings. The van der Waals surface area contributed by atoms with E-state index in [-0.39, 0.29) is 24.1 Å². The third-order valence-electron chi connectivity index (χ3n) is 2.81. The Hall–Kier alpha value is -1.10. The first-order valence-corrected chi connectivity index (χ1v) is 4.85. The quantitative estimate of drug-likeness (QED) is 0.532. The largest absolute Gasteiger partial charge is 0.375 e. The maximum absolute atomic E-state index is 11.1. The van der Waals surface area contributed by atoms with Crippen LogP contribution < -0.4 is 10.6 Å². The fourth-order valence-corrected chi connectivity index (χ4v) is 2.41. The Morgan fingerprint density at radius 1 is 1.43 bits per heavy atom. The highest BCUT2D eigenvalue weighted by atomic mass is 16.5. The van der Waals surface area contributed by atoms with Gasteiger partial charge in [-0.3, -0.25) is 10.7 Å². The Labute approximate surface area is 82.7 Å². The lowest BCUT2D eigenvalue weighted by Gasteiger charge is -2.38. The van der Waals surface area contributed by atoms with Crippen molar-refractivity contribution in [1.82, 2.24) is 10.6 Å². The number of rotatable bonds is 0. The lowest BCUT2D eigenvalue weighted by Crippen LogP contribution is -2.54. The second-order valence-electron chi connectivity index (χ2n) is 4.20. The Balaban J connectivity index is 2.22. The summed E-state index contributed by atoms with van der Waals surface area (Å²) >= 11 is 0. The topological polar surface area (TPSA) is 74.2 Å². The van der Waals surface area contributed by atoms with Gasteiger partial charge in [0.2, 0.25) is 0 Å². The smallest absolute Gasteiger partial charge is 0.321 e. The number of hydrogen-bond donors (Lipinski definition) is 3. The molecular weight excluding hydrogens is 182 g/mol. The molecule has 2 aliphatic heterocycles. The van der Waals surface area contributed by atoms with E-state index in [1.165, 1.54) is 0 Å². The molecule has 2 atom stereocenters. The molecule has 0 bridgehead atoms. The van der Waals surface area contributed by atoms with Gasteiger partial charge in [0.25, 0.3) is 0 Å². The molecule has 2 saturated heterocycles. The number of hydrogen-bond acceptors (Lipinski definition) is 3. The molecule has 2 rings (SSSR count). The number of ether oxygens (including phenoxy) is 1. The number of amides is 2. The van der Waals surface area contributed by atoms with E-state index in [1.807, 2.05) is 13.8 Å². The predicted octanol–water partition coefficient (Wildman–Crippen LogP) is 0.603. The van der Waals surface area contributed by atoms with Crippen LogP contribution in [0.25, 0.3) is 0 Å². The molecule has 5 nitrogen and oxygen atoms in total. The van der Waals surface area contributed by atoms with Crippen molar-refractivity contribution in [3.05, 3.63) is 0 Å². The molecular formula is C9H15N3O2. The number of urea groups is 1. The summed E-state index contributed by atoms with van der Waals surface area (Å²) in [6.07, 6.45) is 1.52. The summed E-state index contributed by atoms with van der Waals surface area (Å²) in [6, 6.07) is -0.267. The molecule has 2 fully saturated rings. The summed E-state index contributed by atoms with van der Waals surface area (Å²) in [4.78, 5) is 11.1. The van der Waals surface area contributed by atoms with Crippen LogP contribution in [0.4, 0.5) is 4.79 Å². The van der Waals surface area contributed by atoms with Crippen molar-refractivity contribution in [2.24, 2.45) is 0 Å². The first-order chi connectivity index (χ1) is 6.52. The Bertz CT molecular complexity index is 280. The van der Waals surface area contributed by atoms with Crippen LogP contribution >= 0.6 is 0 Å². The minimum Gasteiger partial charge on any atom is -0.375 e. The standard InChI is InChI=1S/C9H15N3O2/c1-5-3-9(4-6(2)14-5)7(10)11-8(13)12-9/h5-6H,3-4H2,1-2H3,(H3,10,11,12,13). The summed E-state index contributed by atoms with van der Waals surface area (Å²) in [5, 5.41) is 13.1. The SMILES string of the molecule is CC1CC2(CC(C)O1)NC(=O)NC2=N. The first kappa shape index (κ1) is 9.45. The van der Waals surface area contributed by atoms with E-state index in [4.69, 9.17) is 10.1 Å².